The monoisotopic (exact) mass is 232 g/mol. The van der Waals surface area contributed by atoms with E-state index >= 15 is 0 Å². The summed E-state index contributed by atoms with van der Waals surface area (Å²) < 4.78 is 0. The summed E-state index contributed by atoms with van der Waals surface area (Å²) in [7, 11) is 2.10. The van der Waals surface area contributed by atoms with E-state index in [9.17, 15) is 0 Å². The lowest BCUT2D eigenvalue weighted by molar-refractivity contribution is 0.706. The molecule has 1 heterocycles. The number of aromatic nitrogens is 1. The molecular weight excluding hydrogens is 216 g/mol. The minimum atomic E-state index is 0.778. The van der Waals surface area contributed by atoms with Gasteiger partial charge >= 0.3 is 0 Å². The number of alkyl halides is 1. The first-order valence-electron chi connectivity index (χ1n) is 4.93. The second-order valence-electron chi connectivity index (χ2n) is 3.44. The van der Waals surface area contributed by atoms with Gasteiger partial charge in [0.05, 0.1) is 5.69 Å². The summed E-state index contributed by atoms with van der Waals surface area (Å²) in [6, 6.07) is 0. The fourth-order valence-electron chi connectivity index (χ4n) is 1.23. The van der Waals surface area contributed by atoms with Crippen molar-refractivity contribution in [3.05, 3.63) is 11.1 Å². The Kier molecular flexibility index (Phi) is 5.26. The van der Waals surface area contributed by atoms with Crippen LogP contribution in [0.4, 0.5) is 5.13 Å². The first-order valence-corrected chi connectivity index (χ1v) is 6.34. The van der Waals surface area contributed by atoms with Crippen molar-refractivity contribution in [2.45, 2.75) is 26.2 Å². The van der Waals surface area contributed by atoms with Crippen LogP contribution in [0.2, 0.25) is 0 Å². The Morgan fingerprint density at radius 3 is 2.79 bits per heavy atom. The Morgan fingerprint density at radius 1 is 1.43 bits per heavy atom. The van der Waals surface area contributed by atoms with E-state index in [0.717, 1.165) is 29.7 Å². The summed E-state index contributed by atoms with van der Waals surface area (Å²) >= 11 is 7.32. The van der Waals surface area contributed by atoms with Crippen molar-refractivity contribution >= 4 is 28.1 Å². The standard InChI is InChI=1S/C10H17ClN2S/c1-9-8-14-10(12-9)13(2)7-5-3-4-6-11/h8H,3-7H2,1-2H3. The van der Waals surface area contributed by atoms with Gasteiger partial charge in [-0.1, -0.05) is 6.42 Å². The van der Waals surface area contributed by atoms with Crippen molar-refractivity contribution in [1.82, 2.24) is 4.98 Å². The Hall–Kier alpha value is -0.280. The van der Waals surface area contributed by atoms with Crippen molar-refractivity contribution in [3.63, 3.8) is 0 Å². The highest BCUT2D eigenvalue weighted by atomic mass is 35.5. The number of nitrogens with zero attached hydrogens (tertiary/aromatic N) is 2. The molecule has 0 aliphatic rings. The Bertz CT molecular complexity index is 262. The molecule has 0 fully saturated rings. The average molecular weight is 233 g/mol. The highest BCUT2D eigenvalue weighted by Gasteiger charge is 2.03. The maximum Gasteiger partial charge on any atom is 0.185 e. The molecule has 4 heteroatoms. The largest absolute Gasteiger partial charge is 0.351 e. The number of hydrogen-bond acceptors (Lipinski definition) is 3. The maximum atomic E-state index is 5.61. The third-order valence-electron chi connectivity index (χ3n) is 2.06. The SMILES string of the molecule is Cc1csc(N(C)CCCCCCl)n1. The highest BCUT2D eigenvalue weighted by molar-refractivity contribution is 7.13. The van der Waals surface area contributed by atoms with E-state index in [1.807, 2.05) is 6.92 Å². The minimum absolute atomic E-state index is 0.778. The Labute approximate surface area is 94.9 Å². The van der Waals surface area contributed by atoms with Gasteiger partial charge in [-0.15, -0.1) is 22.9 Å². The van der Waals surface area contributed by atoms with Gasteiger partial charge < -0.3 is 4.90 Å². The molecule has 0 spiro atoms. The number of rotatable bonds is 6. The molecule has 1 aromatic rings. The van der Waals surface area contributed by atoms with E-state index in [4.69, 9.17) is 11.6 Å². The predicted molar refractivity (Wildman–Crippen MR) is 64.7 cm³/mol. The van der Waals surface area contributed by atoms with Crippen molar-refractivity contribution in [1.29, 1.82) is 0 Å². The van der Waals surface area contributed by atoms with Crippen LogP contribution >= 0.6 is 22.9 Å². The van der Waals surface area contributed by atoms with Gasteiger partial charge in [0.15, 0.2) is 5.13 Å². The van der Waals surface area contributed by atoms with Gasteiger partial charge in [-0.3, -0.25) is 0 Å². The molecular formula is C10H17ClN2S. The van der Waals surface area contributed by atoms with Crippen molar-refractivity contribution in [3.8, 4) is 0 Å². The van der Waals surface area contributed by atoms with Crippen molar-refractivity contribution in [2.24, 2.45) is 0 Å². The smallest absolute Gasteiger partial charge is 0.185 e. The third kappa shape index (κ3) is 3.84. The van der Waals surface area contributed by atoms with E-state index in [-0.39, 0.29) is 0 Å². The van der Waals surface area contributed by atoms with Crippen LogP contribution in [0.3, 0.4) is 0 Å². The summed E-state index contributed by atoms with van der Waals surface area (Å²) in [5.74, 6) is 0.778. The van der Waals surface area contributed by atoms with Gasteiger partial charge in [0, 0.05) is 24.9 Å². The molecule has 0 N–H and O–H groups in total. The van der Waals surface area contributed by atoms with Gasteiger partial charge in [0.2, 0.25) is 0 Å². The molecule has 0 bridgehead atoms. The third-order valence-corrected chi connectivity index (χ3v) is 3.40. The normalized spacial score (nSPS) is 10.5. The molecule has 0 radical (unpaired) electrons. The van der Waals surface area contributed by atoms with Gasteiger partial charge in [-0.2, -0.15) is 0 Å². The molecule has 0 aliphatic carbocycles. The van der Waals surface area contributed by atoms with Crippen LogP contribution in [0.1, 0.15) is 25.0 Å². The highest BCUT2D eigenvalue weighted by Crippen LogP contribution is 2.18. The molecule has 1 aromatic heterocycles. The van der Waals surface area contributed by atoms with Crippen molar-refractivity contribution in [2.75, 3.05) is 24.4 Å². The number of halogens is 1. The Balaban J connectivity index is 2.25. The summed E-state index contributed by atoms with van der Waals surface area (Å²) in [6.45, 7) is 3.10. The first-order chi connectivity index (χ1) is 6.74. The maximum absolute atomic E-state index is 5.61. The molecule has 0 saturated carbocycles. The molecule has 1 rings (SSSR count). The molecule has 0 aromatic carbocycles. The van der Waals surface area contributed by atoms with Crippen LogP contribution in [0.25, 0.3) is 0 Å². The minimum Gasteiger partial charge on any atom is -0.351 e. The predicted octanol–water partition coefficient (Wildman–Crippen LogP) is 3.30. The lowest BCUT2D eigenvalue weighted by Crippen LogP contribution is -2.18. The van der Waals surface area contributed by atoms with E-state index in [1.54, 1.807) is 11.3 Å². The van der Waals surface area contributed by atoms with Gasteiger partial charge in [-0.05, 0) is 19.8 Å². The van der Waals surface area contributed by atoms with Crippen LogP contribution in [0.5, 0.6) is 0 Å². The molecule has 14 heavy (non-hydrogen) atoms. The van der Waals surface area contributed by atoms with E-state index in [1.165, 1.54) is 12.8 Å². The number of unbranched alkanes of at least 4 members (excludes halogenated alkanes) is 2. The number of aryl methyl sites for hydroxylation is 1. The Morgan fingerprint density at radius 2 is 2.21 bits per heavy atom. The average Bonchev–Trinajstić information content (AvgIpc) is 2.59. The lowest BCUT2D eigenvalue weighted by Gasteiger charge is -2.14. The second-order valence-corrected chi connectivity index (χ2v) is 4.66. The molecule has 0 atom stereocenters. The fraction of sp³-hybridized carbons (Fsp3) is 0.700. The molecule has 0 saturated heterocycles. The molecule has 0 amide bonds. The number of hydrogen-bond donors (Lipinski definition) is 0. The zero-order valence-electron chi connectivity index (χ0n) is 8.79. The topological polar surface area (TPSA) is 16.1 Å². The number of thiazole rings is 1. The molecule has 80 valence electrons. The zero-order chi connectivity index (χ0) is 10.4. The summed E-state index contributed by atoms with van der Waals surface area (Å²) in [5, 5.41) is 3.21. The fourth-order valence-corrected chi connectivity index (χ4v) is 2.22. The van der Waals surface area contributed by atoms with Crippen LogP contribution in [0, 0.1) is 6.92 Å². The molecule has 2 nitrogen and oxygen atoms in total. The summed E-state index contributed by atoms with van der Waals surface area (Å²) in [6.07, 6.45) is 3.52. The van der Waals surface area contributed by atoms with Crippen molar-refractivity contribution < 1.29 is 0 Å². The quantitative estimate of drug-likeness (QED) is 0.553. The summed E-state index contributed by atoms with van der Waals surface area (Å²) in [4.78, 5) is 6.64. The first kappa shape index (κ1) is 11.8. The van der Waals surface area contributed by atoms with Crippen LogP contribution in [0.15, 0.2) is 5.38 Å². The van der Waals surface area contributed by atoms with E-state index < -0.39 is 0 Å². The van der Waals surface area contributed by atoms with Crippen LogP contribution in [-0.2, 0) is 0 Å². The van der Waals surface area contributed by atoms with E-state index in [0.29, 0.717) is 0 Å². The van der Waals surface area contributed by atoms with Crippen LogP contribution in [-0.4, -0.2) is 24.5 Å². The molecule has 0 unspecified atom stereocenters. The van der Waals surface area contributed by atoms with E-state index in [2.05, 4.69) is 22.3 Å². The lowest BCUT2D eigenvalue weighted by atomic mass is 10.2. The van der Waals surface area contributed by atoms with Gasteiger partial charge in [0.25, 0.3) is 0 Å². The second kappa shape index (κ2) is 6.25. The van der Waals surface area contributed by atoms with Gasteiger partial charge in [0.1, 0.15) is 0 Å². The summed E-state index contributed by atoms with van der Waals surface area (Å²) in [5.41, 5.74) is 1.11. The van der Waals surface area contributed by atoms with Crippen LogP contribution < -0.4 is 4.90 Å². The van der Waals surface area contributed by atoms with Gasteiger partial charge in [-0.25, -0.2) is 4.98 Å². The molecule has 0 aliphatic heterocycles. The number of anilines is 1. The zero-order valence-corrected chi connectivity index (χ0v) is 10.4.